The van der Waals surface area contributed by atoms with Crippen LogP contribution in [0.2, 0.25) is 0 Å². The van der Waals surface area contributed by atoms with E-state index >= 15 is 0 Å². The second-order valence-corrected chi connectivity index (χ2v) is 8.25. The monoisotopic (exact) mass is 398 g/mol. The van der Waals surface area contributed by atoms with E-state index in [-0.39, 0.29) is 17.1 Å². The average molecular weight is 398 g/mol. The van der Waals surface area contributed by atoms with Gasteiger partial charge in [0.25, 0.3) is 5.91 Å². The zero-order valence-electron chi connectivity index (χ0n) is 15.2. The number of nitrogens with zero attached hydrogens (tertiary/aromatic N) is 1. The van der Waals surface area contributed by atoms with Gasteiger partial charge in [-0.2, -0.15) is 4.31 Å². The molecule has 0 heterocycles. The minimum Gasteiger partial charge on any atom is -0.319 e. The van der Waals surface area contributed by atoms with Crippen LogP contribution in [-0.2, 0) is 16.6 Å². The van der Waals surface area contributed by atoms with Crippen molar-refractivity contribution in [2.75, 3.05) is 12.4 Å². The molecule has 1 amide bonds. The van der Waals surface area contributed by atoms with Crippen LogP contribution in [0.15, 0.2) is 83.8 Å². The summed E-state index contributed by atoms with van der Waals surface area (Å²) in [6.07, 6.45) is 0. The van der Waals surface area contributed by atoms with Crippen LogP contribution in [0.25, 0.3) is 0 Å². The van der Waals surface area contributed by atoms with Gasteiger partial charge in [0.15, 0.2) is 0 Å². The van der Waals surface area contributed by atoms with Crippen molar-refractivity contribution in [3.05, 3.63) is 95.8 Å². The number of carbonyl (C=O) groups excluding carboxylic acids is 1. The Balaban J connectivity index is 1.69. The second-order valence-electron chi connectivity index (χ2n) is 6.21. The molecule has 0 atom stereocenters. The number of halogens is 1. The molecule has 7 heteroatoms. The summed E-state index contributed by atoms with van der Waals surface area (Å²) in [4.78, 5) is 12.5. The van der Waals surface area contributed by atoms with E-state index in [1.807, 2.05) is 0 Å². The SMILES string of the molecule is CN(Cc1ccc(C(=O)Nc2ccccc2F)cc1)S(=O)(=O)c1ccccc1. The molecule has 3 aromatic carbocycles. The van der Waals surface area contributed by atoms with E-state index in [0.29, 0.717) is 5.56 Å². The number of hydrogen-bond donors (Lipinski definition) is 1. The number of amides is 1. The van der Waals surface area contributed by atoms with Crippen molar-refractivity contribution in [2.45, 2.75) is 11.4 Å². The predicted octanol–water partition coefficient (Wildman–Crippen LogP) is 3.90. The molecule has 0 saturated heterocycles. The maximum Gasteiger partial charge on any atom is 0.255 e. The number of anilines is 1. The van der Waals surface area contributed by atoms with Crippen LogP contribution in [0.5, 0.6) is 0 Å². The molecule has 0 radical (unpaired) electrons. The lowest BCUT2D eigenvalue weighted by atomic mass is 10.1. The largest absolute Gasteiger partial charge is 0.319 e. The maximum atomic E-state index is 13.6. The summed E-state index contributed by atoms with van der Waals surface area (Å²) in [5.74, 6) is -0.956. The van der Waals surface area contributed by atoms with Crippen LogP contribution < -0.4 is 5.32 Å². The van der Waals surface area contributed by atoms with Crippen molar-refractivity contribution >= 4 is 21.6 Å². The highest BCUT2D eigenvalue weighted by Crippen LogP contribution is 2.18. The van der Waals surface area contributed by atoms with E-state index in [1.54, 1.807) is 66.7 Å². The highest BCUT2D eigenvalue weighted by molar-refractivity contribution is 7.89. The molecular weight excluding hydrogens is 379 g/mol. The van der Waals surface area contributed by atoms with Gasteiger partial charge in [0.1, 0.15) is 5.82 Å². The summed E-state index contributed by atoms with van der Waals surface area (Å²) in [5, 5.41) is 2.51. The third-order valence-electron chi connectivity index (χ3n) is 4.19. The number of carbonyl (C=O) groups is 1. The fourth-order valence-corrected chi connectivity index (χ4v) is 3.81. The molecule has 1 N–H and O–H groups in total. The third kappa shape index (κ3) is 4.44. The number of para-hydroxylation sites is 1. The van der Waals surface area contributed by atoms with Gasteiger partial charge in [-0.25, -0.2) is 12.8 Å². The highest BCUT2D eigenvalue weighted by Gasteiger charge is 2.20. The van der Waals surface area contributed by atoms with Crippen molar-refractivity contribution < 1.29 is 17.6 Å². The molecule has 3 rings (SSSR count). The Hall–Kier alpha value is -3.03. The molecule has 0 saturated carbocycles. The van der Waals surface area contributed by atoms with Gasteiger partial charge < -0.3 is 5.32 Å². The Kier molecular flexibility index (Phi) is 5.87. The molecule has 0 aliphatic heterocycles. The molecule has 0 aromatic heterocycles. The molecule has 0 fully saturated rings. The van der Waals surface area contributed by atoms with Gasteiger partial charge in [-0.15, -0.1) is 0 Å². The van der Waals surface area contributed by atoms with Gasteiger partial charge in [-0.05, 0) is 42.0 Å². The molecule has 0 aliphatic rings. The minimum atomic E-state index is -3.60. The first-order valence-corrected chi connectivity index (χ1v) is 9.98. The summed E-state index contributed by atoms with van der Waals surface area (Å²) < 4.78 is 40.0. The van der Waals surface area contributed by atoms with E-state index in [2.05, 4.69) is 5.32 Å². The van der Waals surface area contributed by atoms with E-state index in [4.69, 9.17) is 0 Å². The van der Waals surface area contributed by atoms with E-state index in [1.165, 1.54) is 23.5 Å². The molecule has 144 valence electrons. The fraction of sp³-hybridized carbons (Fsp3) is 0.0952. The molecular formula is C21H19FN2O3S. The summed E-state index contributed by atoms with van der Waals surface area (Å²) in [5.41, 5.74) is 1.18. The molecule has 0 spiro atoms. The number of sulfonamides is 1. The Morgan fingerprint density at radius 1 is 0.929 bits per heavy atom. The van der Waals surface area contributed by atoms with Crippen LogP contribution in [0, 0.1) is 5.82 Å². The van der Waals surface area contributed by atoms with Crippen molar-refractivity contribution in [3.8, 4) is 0 Å². The topological polar surface area (TPSA) is 66.5 Å². The van der Waals surface area contributed by atoms with Crippen LogP contribution in [-0.4, -0.2) is 25.7 Å². The third-order valence-corrected chi connectivity index (χ3v) is 6.01. The first-order valence-electron chi connectivity index (χ1n) is 8.54. The molecule has 5 nitrogen and oxygen atoms in total. The fourth-order valence-electron chi connectivity index (χ4n) is 2.63. The van der Waals surface area contributed by atoms with Crippen LogP contribution in [0.1, 0.15) is 15.9 Å². The lowest BCUT2D eigenvalue weighted by molar-refractivity contribution is 0.102. The number of benzene rings is 3. The average Bonchev–Trinajstić information content (AvgIpc) is 2.71. The van der Waals surface area contributed by atoms with E-state index in [0.717, 1.165) is 5.56 Å². The zero-order chi connectivity index (χ0) is 20.1. The van der Waals surface area contributed by atoms with Crippen molar-refractivity contribution in [2.24, 2.45) is 0 Å². The number of hydrogen-bond acceptors (Lipinski definition) is 3. The summed E-state index contributed by atoms with van der Waals surface area (Å²) in [7, 11) is -2.10. The van der Waals surface area contributed by atoms with Gasteiger partial charge in [0, 0.05) is 19.2 Å². The second kappa shape index (κ2) is 8.33. The standard InChI is InChI=1S/C21H19FN2O3S/c1-24(28(26,27)18-7-3-2-4-8-18)15-16-11-13-17(14-12-16)21(25)23-20-10-6-5-9-19(20)22/h2-14H,15H2,1H3,(H,23,25). The summed E-state index contributed by atoms with van der Waals surface area (Å²) in [6.45, 7) is 0.159. The number of rotatable bonds is 6. The van der Waals surface area contributed by atoms with Crippen molar-refractivity contribution in [1.82, 2.24) is 4.31 Å². The molecule has 0 aliphatic carbocycles. The van der Waals surface area contributed by atoms with Gasteiger partial charge in [0.2, 0.25) is 10.0 Å². The predicted molar refractivity (Wildman–Crippen MR) is 106 cm³/mol. The van der Waals surface area contributed by atoms with Gasteiger partial charge in [-0.3, -0.25) is 4.79 Å². The van der Waals surface area contributed by atoms with Crippen molar-refractivity contribution in [1.29, 1.82) is 0 Å². The molecule has 3 aromatic rings. The van der Waals surface area contributed by atoms with E-state index in [9.17, 15) is 17.6 Å². The summed E-state index contributed by atoms with van der Waals surface area (Å²) in [6, 6.07) is 20.6. The van der Waals surface area contributed by atoms with Gasteiger partial charge >= 0.3 is 0 Å². The van der Waals surface area contributed by atoms with Gasteiger partial charge in [-0.1, -0.05) is 42.5 Å². The van der Waals surface area contributed by atoms with Crippen molar-refractivity contribution in [3.63, 3.8) is 0 Å². The highest BCUT2D eigenvalue weighted by atomic mass is 32.2. The molecule has 0 bridgehead atoms. The first-order chi connectivity index (χ1) is 13.4. The molecule has 0 unspecified atom stereocenters. The molecule has 28 heavy (non-hydrogen) atoms. The Morgan fingerprint density at radius 3 is 2.18 bits per heavy atom. The Bertz CT molecular complexity index is 1070. The minimum absolute atomic E-state index is 0.102. The zero-order valence-corrected chi connectivity index (χ0v) is 16.0. The lowest BCUT2D eigenvalue weighted by Crippen LogP contribution is -2.26. The summed E-state index contributed by atoms with van der Waals surface area (Å²) >= 11 is 0. The Morgan fingerprint density at radius 2 is 1.54 bits per heavy atom. The van der Waals surface area contributed by atoms with E-state index < -0.39 is 21.7 Å². The Labute approximate surface area is 163 Å². The normalized spacial score (nSPS) is 11.4. The smallest absolute Gasteiger partial charge is 0.255 e. The maximum absolute atomic E-state index is 13.6. The quantitative estimate of drug-likeness (QED) is 0.685. The van der Waals surface area contributed by atoms with Crippen LogP contribution in [0.4, 0.5) is 10.1 Å². The number of nitrogens with one attached hydrogen (secondary N) is 1. The first kappa shape index (κ1) is 19.7. The van der Waals surface area contributed by atoms with Crippen LogP contribution >= 0.6 is 0 Å². The van der Waals surface area contributed by atoms with Gasteiger partial charge in [0.05, 0.1) is 10.6 Å². The lowest BCUT2D eigenvalue weighted by Gasteiger charge is -2.17. The van der Waals surface area contributed by atoms with Crippen LogP contribution in [0.3, 0.4) is 0 Å².